The van der Waals surface area contributed by atoms with Gasteiger partial charge < -0.3 is 14.8 Å². The van der Waals surface area contributed by atoms with Crippen LogP contribution in [0.1, 0.15) is 5.56 Å². The highest BCUT2D eigenvalue weighted by molar-refractivity contribution is 7.89. The smallest absolute Gasteiger partial charge is 0.248 e. The Balaban J connectivity index is 1.67. The number of anilines is 1. The van der Waals surface area contributed by atoms with Crippen molar-refractivity contribution in [1.29, 1.82) is 0 Å². The summed E-state index contributed by atoms with van der Waals surface area (Å²) in [6.07, 6.45) is 2.95. The van der Waals surface area contributed by atoms with E-state index in [0.29, 0.717) is 48.3 Å². The van der Waals surface area contributed by atoms with Gasteiger partial charge in [-0.3, -0.25) is 4.79 Å². The van der Waals surface area contributed by atoms with E-state index in [9.17, 15) is 13.2 Å². The van der Waals surface area contributed by atoms with Gasteiger partial charge in [0.15, 0.2) is 0 Å². The number of hydrogen-bond donors (Lipinski definition) is 1. The summed E-state index contributed by atoms with van der Waals surface area (Å²) in [7, 11) is -2.04. The topological polar surface area (TPSA) is 84.9 Å². The zero-order chi connectivity index (χ0) is 20.9. The van der Waals surface area contributed by atoms with Crippen molar-refractivity contribution < 1.29 is 22.7 Å². The average Bonchev–Trinajstić information content (AvgIpc) is 2.73. The summed E-state index contributed by atoms with van der Waals surface area (Å²) in [4.78, 5) is 12.4. The largest absolute Gasteiger partial charge is 0.495 e. The first-order valence-corrected chi connectivity index (χ1v) is 10.7. The first kappa shape index (κ1) is 21.3. The molecule has 0 bridgehead atoms. The molecule has 0 radical (unpaired) electrons. The summed E-state index contributed by atoms with van der Waals surface area (Å²) >= 11 is 5.95. The van der Waals surface area contributed by atoms with Gasteiger partial charge in [0.25, 0.3) is 0 Å². The maximum Gasteiger partial charge on any atom is 0.248 e. The van der Waals surface area contributed by atoms with Crippen LogP contribution in [-0.4, -0.2) is 52.0 Å². The lowest BCUT2D eigenvalue weighted by molar-refractivity contribution is -0.111. The van der Waals surface area contributed by atoms with Crippen LogP contribution in [0, 0.1) is 0 Å². The van der Waals surface area contributed by atoms with Crippen LogP contribution in [0.25, 0.3) is 6.08 Å². The number of nitrogens with zero attached hydrogens (tertiary/aromatic N) is 1. The molecular formula is C20H21ClN2O5S. The third kappa shape index (κ3) is 5.36. The van der Waals surface area contributed by atoms with E-state index >= 15 is 0 Å². The lowest BCUT2D eigenvalue weighted by Gasteiger charge is -2.26. The highest BCUT2D eigenvalue weighted by Gasteiger charge is 2.25. The molecule has 1 fully saturated rings. The van der Waals surface area contributed by atoms with Gasteiger partial charge in [-0.15, -0.1) is 0 Å². The van der Waals surface area contributed by atoms with E-state index in [4.69, 9.17) is 21.1 Å². The maximum absolute atomic E-state index is 12.6. The Bertz CT molecular complexity index is 1000. The molecule has 0 spiro atoms. The number of amides is 1. The van der Waals surface area contributed by atoms with Gasteiger partial charge in [-0.1, -0.05) is 23.7 Å². The normalized spacial score (nSPS) is 15.4. The molecule has 1 saturated heterocycles. The van der Waals surface area contributed by atoms with Crippen LogP contribution in [0.2, 0.25) is 5.02 Å². The summed E-state index contributed by atoms with van der Waals surface area (Å²) in [5, 5.41) is 3.18. The second-order valence-electron chi connectivity index (χ2n) is 6.25. The number of carbonyl (C=O) groups excluding carboxylic acids is 1. The van der Waals surface area contributed by atoms with Crippen LogP contribution in [0.3, 0.4) is 0 Å². The van der Waals surface area contributed by atoms with Crippen LogP contribution < -0.4 is 10.1 Å². The van der Waals surface area contributed by atoms with Gasteiger partial charge >= 0.3 is 0 Å². The van der Waals surface area contributed by atoms with Crippen molar-refractivity contribution in [3.05, 3.63) is 59.1 Å². The number of benzene rings is 2. The molecule has 0 aromatic heterocycles. The molecule has 7 nitrogen and oxygen atoms in total. The maximum atomic E-state index is 12.6. The van der Waals surface area contributed by atoms with Crippen LogP contribution in [0.5, 0.6) is 5.75 Å². The monoisotopic (exact) mass is 436 g/mol. The number of methoxy groups -OCH3 is 1. The molecule has 29 heavy (non-hydrogen) atoms. The molecule has 3 rings (SSSR count). The first-order valence-electron chi connectivity index (χ1n) is 8.91. The lowest BCUT2D eigenvalue weighted by Crippen LogP contribution is -2.40. The van der Waals surface area contributed by atoms with Crippen LogP contribution >= 0.6 is 11.6 Å². The molecule has 1 heterocycles. The molecule has 1 amide bonds. The fourth-order valence-corrected chi connectivity index (χ4v) is 4.39. The molecule has 1 aliphatic heterocycles. The van der Waals surface area contributed by atoms with Crippen molar-refractivity contribution in [2.24, 2.45) is 0 Å². The second kappa shape index (κ2) is 9.41. The van der Waals surface area contributed by atoms with E-state index < -0.39 is 10.0 Å². The zero-order valence-corrected chi connectivity index (χ0v) is 17.4. The Morgan fingerprint density at radius 1 is 1.17 bits per heavy atom. The summed E-state index contributed by atoms with van der Waals surface area (Å²) < 4.78 is 37.0. The standard InChI is InChI=1S/C20H21ClN2O5S/c1-27-19-8-5-16(21)14-18(19)22-20(24)9-4-15-2-6-17(7-3-15)29(25,26)23-10-12-28-13-11-23/h2-9,14H,10-13H2,1H3,(H,22,24). The van der Waals surface area contributed by atoms with Crippen molar-refractivity contribution in [3.8, 4) is 5.75 Å². The molecule has 154 valence electrons. The number of hydrogen-bond acceptors (Lipinski definition) is 5. The molecule has 0 atom stereocenters. The molecular weight excluding hydrogens is 416 g/mol. The molecule has 0 aliphatic carbocycles. The Hall–Kier alpha value is -2.39. The number of ether oxygens (including phenoxy) is 2. The SMILES string of the molecule is COc1ccc(Cl)cc1NC(=O)C=Cc1ccc(S(=O)(=O)N2CCOCC2)cc1. The number of nitrogens with one attached hydrogen (secondary N) is 1. The number of halogens is 1. The van der Waals surface area contributed by atoms with Crippen molar-refractivity contribution in [2.45, 2.75) is 4.90 Å². The third-order valence-electron chi connectivity index (χ3n) is 4.33. The molecule has 1 aliphatic rings. The third-order valence-corrected chi connectivity index (χ3v) is 6.48. The summed E-state index contributed by atoms with van der Waals surface area (Å²) in [6.45, 7) is 1.48. The Morgan fingerprint density at radius 3 is 2.52 bits per heavy atom. The first-order chi connectivity index (χ1) is 13.9. The highest BCUT2D eigenvalue weighted by Crippen LogP contribution is 2.27. The second-order valence-corrected chi connectivity index (χ2v) is 8.63. The van der Waals surface area contributed by atoms with E-state index in [2.05, 4.69) is 5.32 Å². The molecule has 2 aromatic rings. The van der Waals surface area contributed by atoms with Gasteiger partial charge in [0.05, 0.1) is 30.9 Å². The average molecular weight is 437 g/mol. The van der Waals surface area contributed by atoms with E-state index in [0.717, 1.165) is 0 Å². The quantitative estimate of drug-likeness (QED) is 0.703. The van der Waals surface area contributed by atoms with E-state index in [1.807, 2.05) is 0 Å². The van der Waals surface area contributed by atoms with Crippen LogP contribution in [0.4, 0.5) is 5.69 Å². The fraction of sp³-hybridized carbons (Fsp3) is 0.250. The van der Waals surface area contributed by atoms with Gasteiger partial charge in [0.1, 0.15) is 5.75 Å². The summed E-state index contributed by atoms with van der Waals surface area (Å²) in [5.41, 5.74) is 1.15. The molecule has 0 unspecified atom stereocenters. The minimum Gasteiger partial charge on any atom is -0.495 e. The van der Waals surface area contributed by atoms with E-state index in [1.165, 1.54) is 29.6 Å². The van der Waals surface area contributed by atoms with Crippen molar-refractivity contribution >= 4 is 39.3 Å². The number of sulfonamides is 1. The zero-order valence-electron chi connectivity index (χ0n) is 15.8. The number of carbonyl (C=O) groups is 1. The molecule has 1 N–H and O–H groups in total. The Labute approximate surface area is 174 Å². The van der Waals surface area contributed by atoms with Gasteiger partial charge in [-0.2, -0.15) is 4.31 Å². The number of rotatable bonds is 6. The molecule has 9 heteroatoms. The van der Waals surface area contributed by atoms with E-state index in [-0.39, 0.29) is 10.8 Å². The van der Waals surface area contributed by atoms with Gasteiger partial charge in [-0.25, -0.2) is 8.42 Å². The summed E-state index contributed by atoms with van der Waals surface area (Å²) in [5.74, 6) is 0.129. The van der Waals surface area contributed by atoms with Crippen molar-refractivity contribution in [1.82, 2.24) is 4.31 Å². The lowest BCUT2D eigenvalue weighted by atomic mass is 10.2. The fourth-order valence-electron chi connectivity index (χ4n) is 2.81. The van der Waals surface area contributed by atoms with Gasteiger partial charge in [0, 0.05) is 24.2 Å². The van der Waals surface area contributed by atoms with Crippen molar-refractivity contribution in [2.75, 3.05) is 38.7 Å². The predicted molar refractivity (Wildman–Crippen MR) is 112 cm³/mol. The van der Waals surface area contributed by atoms with Gasteiger partial charge in [0.2, 0.25) is 15.9 Å². The molecule has 0 saturated carbocycles. The molecule has 2 aromatic carbocycles. The summed E-state index contributed by atoms with van der Waals surface area (Å²) in [6, 6.07) is 11.3. The predicted octanol–water partition coefficient (Wildman–Crippen LogP) is 3.02. The Kier molecular flexibility index (Phi) is 6.92. The van der Waals surface area contributed by atoms with Crippen LogP contribution in [-0.2, 0) is 19.6 Å². The van der Waals surface area contributed by atoms with Gasteiger partial charge in [-0.05, 0) is 42.0 Å². The van der Waals surface area contributed by atoms with Crippen LogP contribution in [0.15, 0.2) is 53.4 Å². The van der Waals surface area contributed by atoms with E-state index in [1.54, 1.807) is 36.4 Å². The van der Waals surface area contributed by atoms with Crippen molar-refractivity contribution in [3.63, 3.8) is 0 Å². The minimum absolute atomic E-state index is 0.213. The highest BCUT2D eigenvalue weighted by atomic mass is 35.5. The Morgan fingerprint density at radius 2 is 1.86 bits per heavy atom. The number of morpholine rings is 1. The minimum atomic E-state index is -3.54.